The number of nitrogens with zero attached hydrogens (tertiary/aromatic N) is 1. The van der Waals surface area contributed by atoms with Gasteiger partial charge in [0.15, 0.2) is 0 Å². The van der Waals surface area contributed by atoms with Crippen LogP contribution in [0.2, 0.25) is 5.02 Å². The third-order valence-corrected chi connectivity index (χ3v) is 3.24. The molecule has 18 heavy (non-hydrogen) atoms. The minimum Gasteiger partial charge on any atom is -0.311 e. The van der Waals surface area contributed by atoms with E-state index in [1.54, 1.807) is 0 Å². The molecule has 0 radical (unpaired) electrons. The second-order valence-corrected chi connectivity index (χ2v) is 6.41. The maximum Gasteiger partial charge on any atom is 0.0438 e. The van der Waals surface area contributed by atoms with E-state index in [-0.39, 0.29) is 5.54 Å². The van der Waals surface area contributed by atoms with E-state index in [4.69, 9.17) is 11.6 Å². The van der Waals surface area contributed by atoms with E-state index in [0.29, 0.717) is 0 Å². The van der Waals surface area contributed by atoms with Crippen molar-refractivity contribution in [2.45, 2.75) is 39.8 Å². The van der Waals surface area contributed by atoms with Crippen molar-refractivity contribution in [2.24, 2.45) is 0 Å². The molecular weight excluding hydrogens is 244 g/mol. The molecule has 0 heterocycles. The zero-order valence-corrected chi connectivity index (χ0v) is 12.9. The molecule has 0 saturated carbocycles. The lowest BCUT2D eigenvalue weighted by molar-refractivity contribution is 0.303. The second kappa shape index (κ2) is 6.55. The number of hydrogen-bond acceptors (Lipinski definition) is 2. The summed E-state index contributed by atoms with van der Waals surface area (Å²) < 4.78 is 0. The van der Waals surface area contributed by atoms with Crippen molar-refractivity contribution in [3.05, 3.63) is 34.3 Å². The van der Waals surface area contributed by atoms with Crippen molar-refractivity contribution in [3.8, 4) is 0 Å². The molecule has 1 aromatic carbocycles. The first kappa shape index (κ1) is 15.5. The largest absolute Gasteiger partial charge is 0.311 e. The molecule has 0 aromatic heterocycles. The van der Waals surface area contributed by atoms with Gasteiger partial charge < -0.3 is 10.2 Å². The maximum atomic E-state index is 6.13. The molecule has 0 aliphatic carbocycles. The molecule has 0 fully saturated rings. The fourth-order valence-electron chi connectivity index (χ4n) is 1.75. The normalized spacial score (nSPS) is 12.2. The lowest BCUT2D eigenvalue weighted by atomic mass is 10.1. The van der Waals surface area contributed by atoms with Gasteiger partial charge in [-0.15, -0.1) is 0 Å². The molecule has 1 N–H and O–H groups in total. The minimum atomic E-state index is 0.188. The number of hydrogen-bond donors (Lipinski definition) is 1. The van der Waals surface area contributed by atoms with Crippen LogP contribution in [0, 0.1) is 6.92 Å². The van der Waals surface area contributed by atoms with Crippen molar-refractivity contribution in [3.63, 3.8) is 0 Å². The van der Waals surface area contributed by atoms with Gasteiger partial charge in [0, 0.05) is 30.2 Å². The molecule has 1 aromatic rings. The summed E-state index contributed by atoms with van der Waals surface area (Å²) >= 11 is 6.13. The van der Waals surface area contributed by atoms with Crippen molar-refractivity contribution in [2.75, 3.05) is 20.1 Å². The maximum absolute atomic E-state index is 6.13. The first-order valence-corrected chi connectivity index (χ1v) is 6.84. The highest BCUT2D eigenvalue weighted by atomic mass is 35.5. The summed E-state index contributed by atoms with van der Waals surface area (Å²) in [5.74, 6) is 0. The van der Waals surface area contributed by atoms with Crippen LogP contribution in [-0.2, 0) is 6.54 Å². The van der Waals surface area contributed by atoms with Crippen LogP contribution in [0.5, 0.6) is 0 Å². The van der Waals surface area contributed by atoms with Crippen LogP contribution in [-0.4, -0.2) is 30.6 Å². The highest BCUT2D eigenvalue weighted by Crippen LogP contribution is 2.17. The Bertz CT molecular complexity index is 383. The molecule has 1 rings (SSSR count). The Morgan fingerprint density at radius 3 is 2.50 bits per heavy atom. The Morgan fingerprint density at radius 1 is 1.28 bits per heavy atom. The third kappa shape index (κ3) is 5.85. The van der Waals surface area contributed by atoms with Crippen LogP contribution in [0.15, 0.2) is 18.2 Å². The molecule has 0 atom stereocenters. The number of aryl methyl sites for hydroxylation is 1. The quantitative estimate of drug-likeness (QED) is 0.880. The number of halogens is 1. The zero-order valence-electron chi connectivity index (χ0n) is 12.2. The summed E-state index contributed by atoms with van der Waals surface area (Å²) in [6.07, 6.45) is 0. The molecule has 0 unspecified atom stereocenters. The summed E-state index contributed by atoms with van der Waals surface area (Å²) in [4.78, 5) is 2.31. The van der Waals surface area contributed by atoms with Gasteiger partial charge in [-0.05, 0) is 51.9 Å². The van der Waals surface area contributed by atoms with Crippen LogP contribution in [0.3, 0.4) is 0 Å². The van der Waals surface area contributed by atoms with Crippen LogP contribution in [0.25, 0.3) is 0 Å². The lowest BCUT2D eigenvalue weighted by Crippen LogP contribution is -2.40. The SMILES string of the molecule is Cc1ccc(CN(C)CCNC(C)(C)C)cc1Cl. The number of benzene rings is 1. The highest BCUT2D eigenvalue weighted by Gasteiger charge is 2.08. The molecule has 0 saturated heterocycles. The Labute approximate surface area is 116 Å². The standard InChI is InChI=1S/C15H25ClN2/c1-12-6-7-13(10-14(12)16)11-18(5)9-8-17-15(2,3)4/h6-7,10,17H,8-9,11H2,1-5H3. The molecular formula is C15H25ClN2. The average Bonchev–Trinajstić information content (AvgIpc) is 2.21. The van der Waals surface area contributed by atoms with Crippen molar-refractivity contribution < 1.29 is 0 Å². The highest BCUT2D eigenvalue weighted by molar-refractivity contribution is 6.31. The first-order chi connectivity index (χ1) is 8.28. The van der Waals surface area contributed by atoms with Crippen molar-refractivity contribution in [1.82, 2.24) is 10.2 Å². The number of likely N-dealkylation sites (N-methyl/N-ethyl adjacent to an activating group) is 1. The molecule has 102 valence electrons. The van der Waals surface area contributed by atoms with E-state index < -0.39 is 0 Å². The van der Waals surface area contributed by atoms with E-state index in [9.17, 15) is 0 Å². The van der Waals surface area contributed by atoms with Gasteiger partial charge in [0.25, 0.3) is 0 Å². The monoisotopic (exact) mass is 268 g/mol. The molecule has 0 bridgehead atoms. The molecule has 2 nitrogen and oxygen atoms in total. The van der Waals surface area contributed by atoms with Gasteiger partial charge in [-0.2, -0.15) is 0 Å². The topological polar surface area (TPSA) is 15.3 Å². The number of rotatable bonds is 5. The van der Waals surface area contributed by atoms with Crippen LogP contribution in [0.1, 0.15) is 31.9 Å². The van der Waals surface area contributed by atoms with Gasteiger partial charge in [-0.3, -0.25) is 0 Å². The minimum absolute atomic E-state index is 0.188. The summed E-state index contributed by atoms with van der Waals surface area (Å²) in [6, 6.07) is 6.29. The molecule has 0 aliphatic heterocycles. The molecule has 0 aliphatic rings. The Hall–Kier alpha value is -0.570. The molecule has 3 heteroatoms. The molecule has 0 spiro atoms. The van der Waals surface area contributed by atoms with Gasteiger partial charge in [-0.25, -0.2) is 0 Å². The predicted molar refractivity (Wildman–Crippen MR) is 80.3 cm³/mol. The van der Waals surface area contributed by atoms with Crippen LogP contribution in [0.4, 0.5) is 0 Å². The summed E-state index contributed by atoms with van der Waals surface area (Å²) in [5, 5.41) is 4.35. The smallest absolute Gasteiger partial charge is 0.0438 e. The zero-order chi connectivity index (χ0) is 13.8. The van der Waals surface area contributed by atoms with Gasteiger partial charge in [0.2, 0.25) is 0 Å². The Morgan fingerprint density at radius 2 is 1.94 bits per heavy atom. The Balaban J connectivity index is 2.40. The van der Waals surface area contributed by atoms with E-state index in [2.05, 4.69) is 56.2 Å². The Kier molecular flexibility index (Phi) is 5.64. The van der Waals surface area contributed by atoms with Gasteiger partial charge in [0.05, 0.1) is 0 Å². The van der Waals surface area contributed by atoms with E-state index in [1.165, 1.54) is 5.56 Å². The van der Waals surface area contributed by atoms with Gasteiger partial charge in [-0.1, -0.05) is 23.7 Å². The number of nitrogens with one attached hydrogen (secondary N) is 1. The molecule has 0 amide bonds. The summed E-state index contributed by atoms with van der Waals surface area (Å²) in [6.45, 7) is 11.6. The predicted octanol–water partition coefficient (Wildman–Crippen LogP) is 3.47. The van der Waals surface area contributed by atoms with Crippen LogP contribution >= 0.6 is 11.6 Å². The van der Waals surface area contributed by atoms with Crippen molar-refractivity contribution in [1.29, 1.82) is 0 Å². The lowest BCUT2D eigenvalue weighted by Gasteiger charge is -2.23. The summed E-state index contributed by atoms with van der Waals surface area (Å²) in [7, 11) is 2.14. The fraction of sp³-hybridized carbons (Fsp3) is 0.600. The van der Waals surface area contributed by atoms with E-state index >= 15 is 0 Å². The first-order valence-electron chi connectivity index (χ1n) is 6.46. The van der Waals surface area contributed by atoms with Crippen molar-refractivity contribution >= 4 is 11.6 Å². The second-order valence-electron chi connectivity index (χ2n) is 6.00. The summed E-state index contributed by atoms with van der Waals surface area (Å²) in [5.41, 5.74) is 2.59. The van der Waals surface area contributed by atoms with E-state index in [0.717, 1.165) is 30.2 Å². The van der Waals surface area contributed by atoms with Gasteiger partial charge in [0.1, 0.15) is 0 Å². The van der Waals surface area contributed by atoms with Gasteiger partial charge >= 0.3 is 0 Å². The van der Waals surface area contributed by atoms with Crippen LogP contribution < -0.4 is 5.32 Å². The van der Waals surface area contributed by atoms with E-state index in [1.807, 2.05) is 6.92 Å². The average molecular weight is 269 g/mol. The third-order valence-electron chi connectivity index (χ3n) is 2.84. The fourth-order valence-corrected chi connectivity index (χ4v) is 1.95.